The van der Waals surface area contributed by atoms with Crippen molar-refractivity contribution in [3.8, 4) is 0 Å². The van der Waals surface area contributed by atoms with Gasteiger partial charge in [-0.1, -0.05) is 19.9 Å². The molecule has 0 saturated carbocycles. The molecule has 4 nitrogen and oxygen atoms in total. The van der Waals surface area contributed by atoms with Crippen LogP contribution in [0.2, 0.25) is 0 Å². The summed E-state index contributed by atoms with van der Waals surface area (Å²) in [5, 5.41) is 2.70. The molecule has 90 valence electrons. The predicted molar refractivity (Wildman–Crippen MR) is 64.3 cm³/mol. The third-order valence-electron chi connectivity index (χ3n) is 2.14. The number of sulfonamides is 1. The lowest BCUT2D eigenvalue weighted by molar-refractivity contribution is 0.478. The molecule has 15 heavy (non-hydrogen) atoms. The molecule has 0 aliphatic rings. The van der Waals surface area contributed by atoms with Crippen molar-refractivity contribution in [1.29, 1.82) is 0 Å². The van der Waals surface area contributed by atoms with Gasteiger partial charge in [0.1, 0.15) is 0 Å². The molecular formula is C10H22N2O2S. The molecule has 0 bridgehead atoms. The van der Waals surface area contributed by atoms with Gasteiger partial charge < -0.3 is 5.32 Å². The highest BCUT2D eigenvalue weighted by Crippen LogP contribution is 2.06. The normalized spacial score (nSPS) is 14.5. The zero-order valence-electron chi connectivity index (χ0n) is 10.0. The van der Waals surface area contributed by atoms with Crippen LogP contribution in [0.5, 0.6) is 0 Å². The van der Waals surface area contributed by atoms with Crippen LogP contribution in [-0.2, 0) is 10.0 Å². The van der Waals surface area contributed by atoms with Gasteiger partial charge >= 0.3 is 0 Å². The summed E-state index contributed by atoms with van der Waals surface area (Å²) in [4.78, 5) is 0. The SMILES string of the molecule is C=CCN(C)S(=O)(=O)C(C)CNC(C)C. The summed E-state index contributed by atoms with van der Waals surface area (Å²) in [5.74, 6) is 0. The highest BCUT2D eigenvalue weighted by molar-refractivity contribution is 7.89. The molecule has 0 aromatic rings. The van der Waals surface area contributed by atoms with E-state index in [1.54, 1.807) is 20.0 Å². The maximum Gasteiger partial charge on any atom is 0.217 e. The van der Waals surface area contributed by atoms with Gasteiger partial charge in [0.2, 0.25) is 10.0 Å². The molecule has 0 saturated heterocycles. The summed E-state index contributed by atoms with van der Waals surface area (Å²) in [5.41, 5.74) is 0. The molecule has 0 aromatic carbocycles. The molecular weight excluding hydrogens is 212 g/mol. The van der Waals surface area contributed by atoms with Crippen LogP contribution in [0.1, 0.15) is 20.8 Å². The van der Waals surface area contributed by atoms with Gasteiger partial charge in [0, 0.05) is 26.2 Å². The summed E-state index contributed by atoms with van der Waals surface area (Å²) in [7, 11) is -1.62. The first-order valence-corrected chi connectivity index (χ1v) is 6.62. The minimum atomic E-state index is -3.20. The first kappa shape index (κ1) is 14.6. The Balaban J connectivity index is 4.38. The lowest BCUT2D eigenvalue weighted by Crippen LogP contribution is -2.41. The van der Waals surface area contributed by atoms with Crippen molar-refractivity contribution in [3.05, 3.63) is 12.7 Å². The average molecular weight is 234 g/mol. The molecule has 1 N–H and O–H groups in total. The Labute approximate surface area is 93.4 Å². The molecule has 0 aliphatic heterocycles. The van der Waals surface area contributed by atoms with E-state index in [2.05, 4.69) is 11.9 Å². The van der Waals surface area contributed by atoms with Crippen molar-refractivity contribution in [2.45, 2.75) is 32.1 Å². The lowest BCUT2D eigenvalue weighted by Gasteiger charge is -2.21. The third kappa shape index (κ3) is 4.77. The highest BCUT2D eigenvalue weighted by Gasteiger charge is 2.24. The van der Waals surface area contributed by atoms with Crippen LogP contribution in [0.3, 0.4) is 0 Å². The van der Waals surface area contributed by atoms with Gasteiger partial charge in [-0.05, 0) is 6.92 Å². The predicted octanol–water partition coefficient (Wildman–Crippen LogP) is 0.820. The van der Waals surface area contributed by atoms with Crippen LogP contribution in [0.25, 0.3) is 0 Å². The fourth-order valence-corrected chi connectivity index (χ4v) is 2.33. The first-order chi connectivity index (χ1) is 6.82. The van der Waals surface area contributed by atoms with Crippen LogP contribution in [0.15, 0.2) is 12.7 Å². The van der Waals surface area contributed by atoms with E-state index in [-0.39, 0.29) is 0 Å². The molecule has 0 heterocycles. The fraction of sp³-hybridized carbons (Fsp3) is 0.800. The second-order valence-corrected chi connectivity index (χ2v) is 6.45. The zero-order chi connectivity index (χ0) is 12.1. The van der Waals surface area contributed by atoms with Gasteiger partial charge in [-0.2, -0.15) is 0 Å². The lowest BCUT2D eigenvalue weighted by atomic mass is 10.3. The van der Waals surface area contributed by atoms with Gasteiger partial charge in [0.15, 0.2) is 0 Å². The number of rotatable bonds is 7. The van der Waals surface area contributed by atoms with Gasteiger partial charge in [0.25, 0.3) is 0 Å². The highest BCUT2D eigenvalue weighted by atomic mass is 32.2. The van der Waals surface area contributed by atoms with Crippen LogP contribution in [-0.4, -0.2) is 44.2 Å². The summed E-state index contributed by atoms with van der Waals surface area (Å²) in [6, 6.07) is 0.298. The Morgan fingerprint density at radius 1 is 1.40 bits per heavy atom. The van der Waals surface area contributed by atoms with E-state index >= 15 is 0 Å². The van der Waals surface area contributed by atoms with Gasteiger partial charge in [-0.15, -0.1) is 6.58 Å². The maximum absolute atomic E-state index is 11.9. The first-order valence-electron chi connectivity index (χ1n) is 5.11. The summed E-state index contributed by atoms with van der Waals surface area (Å²) < 4.78 is 25.1. The van der Waals surface area contributed by atoms with E-state index in [4.69, 9.17) is 0 Å². The Hall–Kier alpha value is -0.390. The van der Waals surface area contributed by atoms with E-state index < -0.39 is 15.3 Å². The second kappa shape index (κ2) is 6.25. The largest absolute Gasteiger partial charge is 0.313 e. The van der Waals surface area contributed by atoms with E-state index in [1.165, 1.54) is 4.31 Å². The van der Waals surface area contributed by atoms with Crippen molar-refractivity contribution in [2.75, 3.05) is 20.1 Å². The van der Waals surface area contributed by atoms with E-state index in [0.29, 0.717) is 19.1 Å². The van der Waals surface area contributed by atoms with Crippen molar-refractivity contribution in [3.63, 3.8) is 0 Å². The van der Waals surface area contributed by atoms with Crippen molar-refractivity contribution in [1.82, 2.24) is 9.62 Å². The molecule has 0 fully saturated rings. The number of nitrogens with one attached hydrogen (secondary N) is 1. The van der Waals surface area contributed by atoms with Crippen LogP contribution in [0.4, 0.5) is 0 Å². The average Bonchev–Trinajstić information content (AvgIpc) is 2.14. The number of likely N-dealkylation sites (N-methyl/N-ethyl adjacent to an activating group) is 1. The minimum Gasteiger partial charge on any atom is -0.313 e. The topological polar surface area (TPSA) is 49.4 Å². The second-order valence-electron chi connectivity index (χ2n) is 3.99. The Bertz CT molecular complexity index is 286. The van der Waals surface area contributed by atoms with E-state index in [9.17, 15) is 8.42 Å². The summed E-state index contributed by atoms with van der Waals surface area (Å²) in [6.45, 7) is 10.1. The summed E-state index contributed by atoms with van der Waals surface area (Å²) >= 11 is 0. The standard InChI is InChI=1S/C10H22N2O2S/c1-6-7-12(5)15(13,14)10(4)8-11-9(2)3/h6,9-11H,1,7-8H2,2-5H3. The molecule has 0 rings (SSSR count). The molecule has 0 amide bonds. The van der Waals surface area contributed by atoms with Gasteiger partial charge in [-0.25, -0.2) is 12.7 Å². The molecule has 0 radical (unpaired) electrons. The van der Waals surface area contributed by atoms with Crippen molar-refractivity contribution in [2.24, 2.45) is 0 Å². The zero-order valence-corrected chi connectivity index (χ0v) is 10.8. The number of hydrogen-bond donors (Lipinski definition) is 1. The monoisotopic (exact) mass is 234 g/mol. The van der Waals surface area contributed by atoms with Crippen molar-refractivity contribution < 1.29 is 8.42 Å². The molecule has 5 heteroatoms. The van der Waals surface area contributed by atoms with E-state index in [0.717, 1.165) is 0 Å². The van der Waals surface area contributed by atoms with E-state index in [1.807, 2.05) is 13.8 Å². The summed E-state index contributed by atoms with van der Waals surface area (Å²) in [6.07, 6.45) is 1.58. The third-order valence-corrected chi connectivity index (χ3v) is 4.34. The van der Waals surface area contributed by atoms with Crippen LogP contribution in [0, 0.1) is 0 Å². The van der Waals surface area contributed by atoms with Crippen molar-refractivity contribution >= 4 is 10.0 Å². The maximum atomic E-state index is 11.9. The quantitative estimate of drug-likeness (QED) is 0.664. The molecule has 0 aliphatic carbocycles. The van der Waals surface area contributed by atoms with Crippen LogP contribution < -0.4 is 5.32 Å². The number of nitrogens with zero attached hydrogens (tertiary/aromatic N) is 1. The van der Waals surface area contributed by atoms with Gasteiger partial charge in [-0.3, -0.25) is 0 Å². The molecule has 0 spiro atoms. The minimum absolute atomic E-state index is 0.298. The molecule has 1 unspecified atom stereocenters. The molecule has 0 aromatic heterocycles. The smallest absolute Gasteiger partial charge is 0.217 e. The Morgan fingerprint density at radius 3 is 2.33 bits per heavy atom. The number of hydrogen-bond acceptors (Lipinski definition) is 3. The van der Waals surface area contributed by atoms with Crippen LogP contribution >= 0.6 is 0 Å². The van der Waals surface area contributed by atoms with Gasteiger partial charge in [0.05, 0.1) is 5.25 Å². The molecule has 1 atom stereocenters. The Kier molecular flexibility index (Phi) is 6.09. The Morgan fingerprint density at radius 2 is 1.93 bits per heavy atom. The fourth-order valence-electron chi connectivity index (χ4n) is 1.10.